The van der Waals surface area contributed by atoms with E-state index in [2.05, 4.69) is 17.3 Å². The average molecular weight is 284 g/mol. The zero-order valence-corrected chi connectivity index (χ0v) is 12.1. The minimum absolute atomic E-state index is 0.101. The molecule has 110 valence electrons. The van der Waals surface area contributed by atoms with E-state index in [0.29, 0.717) is 17.9 Å². The Labute approximate surface area is 124 Å². The molecule has 3 N–H and O–H groups in total. The van der Waals surface area contributed by atoms with E-state index in [1.54, 1.807) is 23.2 Å². The lowest BCUT2D eigenvalue weighted by atomic mass is 10.2. The van der Waals surface area contributed by atoms with Crippen LogP contribution in [-0.4, -0.2) is 17.4 Å². The van der Waals surface area contributed by atoms with E-state index < -0.39 is 0 Å². The number of benzene rings is 1. The lowest BCUT2D eigenvalue weighted by Gasteiger charge is -2.23. The molecule has 0 aliphatic carbocycles. The number of amides is 1. The summed E-state index contributed by atoms with van der Waals surface area (Å²) in [6.07, 6.45) is 3.56. The average Bonchev–Trinajstić information content (AvgIpc) is 2.56. The van der Waals surface area contributed by atoms with Crippen LogP contribution in [0.3, 0.4) is 0 Å². The first-order chi connectivity index (χ1) is 10.3. The zero-order chi connectivity index (χ0) is 15.1. The van der Waals surface area contributed by atoms with Gasteiger partial charge in [0.1, 0.15) is 0 Å². The fourth-order valence-corrected chi connectivity index (χ4v) is 2.11. The van der Waals surface area contributed by atoms with Crippen LogP contribution >= 0.6 is 0 Å². The van der Waals surface area contributed by atoms with Crippen LogP contribution in [0.1, 0.15) is 30.1 Å². The van der Waals surface area contributed by atoms with Crippen molar-refractivity contribution in [2.24, 2.45) is 5.84 Å². The Bertz CT molecular complexity index is 586. The molecule has 2 rings (SSSR count). The number of hydrogen-bond acceptors (Lipinski definition) is 4. The van der Waals surface area contributed by atoms with Crippen molar-refractivity contribution in [3.63, 3.8) is 0 Å². The number of para-hydroxylation sites is 1. The molecule has 0 bridgehead atoms. The molecule has 21 heavy (non-hydrogen) atoms. The molecule has 1 aromatic heterocycles. The molecule has 5 nitrogen and oxygen atoms in total. The molecular weight excluding hydrogens is 264 g/mol. The van der Waals surface area contributed by atoms with Gasteiger partial charge in [0.05, 0.1) is 5.56 Å². The number of nitrogen functional groups attached to an aromatic ring is 1. The summed E-state index contributed by atoms with van der Waals surface area (Å²) in [6, 6.07) is 13.1. The predicted octanol–water partition coefficient (Wildman–Crippen LogP) is 2.81. The first-order valence-electron chi connectivity index (χ1n) is 7.06. The Kier molecular flexibility index (Phi) is 5.29. The van der Waals surface area contributed by atoms with E-state index in [9.17, 15) is 4.79 Å². The molecule has 0 atom stereocenters. The van der Waals surface area contributed by atoms with Gasteiger partial charge in [0, 0.05) is 18.4 Å². The van der Waals surface area contributed by atoms with Crippen molar-refractivity contribution in [1.82, 2.24) is 4.98 Å². The molecule has 0 radical (unpaired) electrons. The van der Waals surface area contributed by atoms with Crippen LogP contribution in [0.15, 0.2) is 48.7 Å². The second-order valence-electron chi connectivity index (χ2n) is 4.69. The smallest absolute Gasteiger partial charge is 0.262 e. The number of nitrogens with two attached hydrogens (primary N) is 1. The molecule has 1 heterocycles. The highest BCUT2D eigenvalue weighted by Gasteiger charge is 2.20. The van der Waals surface area contributed by atoms with Gasteiger partial charge in [-0.05, 0) is 30.7 Å². The Morgan fingerprint density at radius 1 is 1.24 bits per heavy atom. The van der Waals surface area contributed by atoms with E-state index >= 15 is 0 Å². The normalized spacial score (nSPS) is 10.2. The van der Waals surface area contributed by atoms with Gasteiger partial charge < -0.3 is 10.3 Å². The molecule has 0 unspecified atom stereocenters. The van der Waals surface area contributed by atoms with Gasteiger partial charge in [0.2, 0.25) is 0 Å². The summed E-state index contributed by atoms with van der Waals surface area (Å²) in [5.41, 5.74) is 3.83. The number of nitrogens with one attached hydrogen (secondary N) is 1. The van der Waals surface area contributed by atoms with Gasteiger partial charge in [-0.15, -0.1) is 0 Å². The number of hydrogen-bond donors (Lipinski definition) is 2. The Balaban J connectivity index is 2.34. The van der Waals surface area contributed by atoms with Crippen LogP contribution in [0.4, 0.5) is 11.5 Å². The summed E-state index contributed by atoms with van der Waals surface area (Å²) in [7, 11) is 0. The van der Waals surface area contributed by atoms with Crippen molar-refractivity contribution < 1.29 is 4.79 Å². The van der Waals surface area contributed by atoms with E-state index in [-0.39, 0.29) is 5.91 Å². The lowest BCUT2D eigenvalue weighted by Crippen LogP contribution is -2.33. The summed E-state index contributed by atoms with van der Waals surface area (Å²) in [6.45, 7) is 2.77. The Morgan fingerprint density at radius 3 is 2.67 bits per heavy atom. The monoisotopic (exact) mass is 284 g/mol. The molecule has 1 amide bonds. The van der Waals surface area contributed by atoms with Crippen molar-refractivity contribution in [2.75, 3.05) is 16.9 Å². The molecule has 0 aliphatic rings. The van der Waals surface area contributed by atoms with Gasteiger partial charge in [-0.25, -0.2) is 10.8 Å². The van der Waals surface area contributed by atoms with Crippen molar-refractivity contribution in [2.45, 2.75) is 19.8 Å². The van der Waals surface area contributed by atoms with E-state index in [4.69, 9.17) is 5.84 Å². The molecule has 1 aromatic carbocycles. The number of rotatable bonds is 6. The highest BCUT2D eigenvalue weighted by molar-refractivity contribution is 6.09. The standard InChI is InChI=1S/C16H20N4O/c1-2-3-12-20(13-8-5-4-6-9-13)16(21)14-10-7-11-18-15(14)19-17/h4-11H,2-3,12,17H2,1H3,(H,18,19). The molecule has 0 spiro atoms. The first kappa shape index (κ1) is 15.0. The predicted molar refractivity (Wildman–Crippen MR) is 85.1 cm³/mol. The zero-order valence-electron chi connectivity index (χ0n) is 12.1. The number of aromatic nitrogens is 1. The molecule has 0 fully saturated rings. The molecule has 2 aromatic rings. The number of anilines is 2. The third-order valence-electron chi connectivity index (χ3n) is 3.22. The van der Waals surface area contributed by atoms with Gasteiger partial charge in [-0.1, -0.05) is 31.5 Å². The lowest BCUT2D eigenvalue weighted by molar-refractivity contribution is 0.0987. The van der Waals surface area contributed by atoms with Crippen molar-refractivity contribution in [3.8, 4) is 0 Å². The molecule has 5 heteroatoms. The number of carbonyl (C=O) groups excluding carboxylic acids is 1. The molecular formula is C16H20N4O. The maximum absolute atomic E-state index is 12.8. The fraction of sp³-hybridized carbons (Fsp3) is 0.250. The summed E-state index contributed by atoms with van der Waals surface area (Å²) in [5, 5.41) is 0. The summed E-state index contributed by atoms with van der Waals surface area (Å²) >= 11 is 0. The fourth-order valence-electron chi connectivity index (χ4n) is 2.11. The highest BCUT2D eigenvalue weighted by Crippen LogP contribution is 2.20. The SMILES string of the molecule is CCCCN(C(=O)c1cccnc1NN)c1ccccc1. The van der Waals surface area contributed by atoms with E-state index in [1.807, 2.05) is 30.3 Å². The highest BCUT2D eigenvalue weighted by atomic mass is 16.2. The summed E-state index contributed by atoms with van der Waals surface area (Å²) in [4.78, 5) is 18.7. The van der Waals surface area contributed by atoms with Crippen LogP contribution < -0.4 is 16.2 Å². The van der Waals surface area contributed by atoms with Crippen LogP contribution in [0.25, 0.3) is 0 Å². The van der Waals surface area contributed by atoms with Crippen molar-refractivity contribution in [1.29, 1.82) is 0 Å². The molecule has 0 saturated heterocycles. The quantitative estimate of drug-likeness (QED) is 0.632. The third kappa shape index (κ3) is 3.58. The molecule has 0 saturated carbocycles. The minimum Gasteiger partial charge on any atom is -0.308 e. The van der Waals surface area contributed by atoms with Gasteiger partial charge in [-0.3, -0.25) is 4.79 Å². The number of hydrazine groups is 1. The molecule has 0 aliphatic heterocycles. The first-order valence-corrected chi connectivity index (χ1v) is 7.06. The minimum atomic E-state index is -0.101. The number of carbonyl (C=O) groups is 1. The van der Waals surface area contributed by atoms with Gasteiger partial charge in [-0.2, -0.15) is 0 Å². The number of unbranched alkanes of at least 4 members (excludes halogenated alkanes) is 1. The van der Waals surface area contributed by atoms with Gasteiger partial charge in [0.25, 0.3) is 5.91 Å². The van der Waals surface area contributed by atoms with Gasteiger partial charge >= 0.3 is 0 Å². The summed E-state index contributed by atoms with van der Waals surface area (Å²) in [5.74, 6) is 5.73. The maximum Gasteiger partial charge on any atom is 0.262 e. The van der Waals surface area contributed by atoms with Gasteiger partial charge in [0.15, 0.2) is 5.82 Å². The number of pyridine rings is 1. The topological polar surface area (TPSA) is 71.2 Å². The summed E-state index contributed by atoms with van der Waals surface area (Å²) < 4.78 is 0. The second kappa shape index (κ2) is 7.40. The Morgan fingerprint density at radius 2 is 2.00 bits per heavy atom. The van der Waals surface area contributed by atoms with Crippen LogP contribution in [0.5, 0.6) is 0 Å². The van der Waals surface area contributed by atoms with Crippen LogP contribution in [0.2, 0.25) is 0 Å². The number of nitrogens with zero attached hydrogens (tertiary/aromatic N) is 2. The second-order valence-corrected chi connectivity index (χ2v) is 4.69. The third-order valence-corrected chi connectivity index (χ3v) is 3.22. The van der Waals surface area contributed by atoms with Crippen molar-refractivity contribution >= 4 is 17.4 Å². The maximum atomic E-state index is 12.8. The van der Waals surface area contributed by atoms with Crippen LogP contribution in [0, 0.1) is 0 Å². The van der Waals surface area contributed by atoms with E-state index in [1.165, 1.54) is 0 Å². The van der Waals surface area contributed by atoms with Crippen LogP contribution in [-0.2, 0) is 0 Å². The Hall–Kier alpha value is -2.40. The largest absolute Gasteiger partial charge is 0.308 e. The van der Waals surface area contributed by atoms with Crippen molar-refractivity contribution in [3.05, 3.63) is 54.2 Å². The van der Waals surface area contributed by atoms with E-state index in [0.717, 1.165) is 18.5 Å².